The van der Waals surface area contributed by atoms with Gasteiger partial charge in [-0.15, -0.1) is 0 Å². The van der Waals surface area contributed by atoms with E-state index in [9.17, 15) is 9.50 Å². The molecule has 0 bridgehead atoms. The van der Waals surface area contributed by atoms with E-state index < -0.39 is 0 Å². The van der Waals surface area contributed by atoms with Crippen molar-refractivity contribution in [3.05, 3.63) is 101 Å². The molecule has 0 saturated carbocycles. The molecule has 0 aliphatic rings. The molecule has 0 aliphatic carbocycles. The highest BCUT2D eigenvalue weighted by molar-refractivity contribution is 6.22. The molecule has 6 aromatic rings. The summed E-state index contributed by atoms with van der Waals surface area (Å²) in [4.78, 5) is 12.3. The summed E-state index contributed by atoms with van der Waals surface area (Å²) in [5, 5.41) is 16.1. The molecule has 0 atom stereocenters. The van der Waals surface area contributed by atoms with Gasteiger partial charge in [0.15, 0.2) is 5.88 Å². The number of nitrogens with zero attached hydrogens (tertiary/aromatic N) is 5. The number of halogens is 1. The summed E-state index contributed by atoms with van der Waals surface area (Å²) < 4.78 is 17.7. The molecule has 8 heteroatoms. The number of fused-ring (bicyclic) bond motifs is 2. The number of imidazole rings is 1. The Morgan fingerprint density at radius 1 is 1.00 bits per heavy atom. The van der Waals surface area contributed by atoms with E-state index >= 15 is 0 Å². The zero-order chi connectivity index (χ0) is 25.0. The van der Waals surface area contributed by atoms with Gasteiger partial charge in [-0.2, -0.15) is 5.10 Å². The SMILES string of the molecule is Cc1cc(C)n(-c2ccc(N=C(c3ccc4c(c3)ncn4C)c3c(O)[nH]c4cc(F)ccc34)cc2)n1. The third-order valence-electron chi connectivity index (χ3n) is 6.32. The zero-order valence-electron chi connectivity index (χ0n) is 20.0. The Labute approximate surface area is 206 Å². The second kappa shape index (κ2) is 8.20. The van der Waals surface area contributed by atoms with Crippen LogP contribution in [0.5, 0.6) is 5.88 Å². The van der Waals surface area contributed by atoms with Gasteiger partial charge in [-0.25, -0.2) is 19.0 Å². The van der Waals surface area contributed by atoms with Crippen LogP contribution >= 0.6 is 0 Å². The molecule has 36 heavy (non-hydrogen) atoms. The summed E-state index contributed by atoms with van der Waals surface area (Å²) in [5.41, 5.74) is 7.76. The Morgan fingerprint density at radius 3 is 2.56 bits per heavy atom. The van der Waals surface area contributed by atoms with Gasteiger partial charge >= 0.3 is 0 Å². The fraction of sp³-hybridized carbons (Fsp3) is 0.107. The summed E-state index contributed by atoms with van der Waals surface area (Å²) in [6.45, 7) is 3.98. The van der Waals surface area contributed by atoms with Gasteiger partial charge in [-0.1, -0.05) is 6.07 Å². The quantitative estimate of drug-likeness (QED) is 0.311. The number of aromatic nitrogens is 5. The van der Waals surface area contributed by atoms with Crippen molar-refractivity contribution in [3.63, 3.8) is 0 Å². The maximum atomic E-state index is 13.9. The van der Waals surface area contributed by atoms with E-state index in [1.165, 1.54) is 12.1 Å². The molecule has 0 spiro atoms. The van der Waals surface area contributed by atoms with Crippen LogP contribution in [0.2, 0.25) is 0 Å². The van der Waals surface area contributed by atoms with Gasteiger partial charge in [0.05, 0.1) is 51.2 Å². The van der Waals surface area contributed by atoms with Crippen molar-refractivity contribution in [2.24, 2.45) is 12.0 Å². The first-order valence-electron chi connectivity index (χ1n) is 11.5. The molecule has 0 aliphatic heterocycles. The second-order valence-electron chi connectivity index (χ2n) is 8.91. The lowest BCUT2D eigenvalue weighted by Crippen LogP contribution is -2.03. The number of hydrogen-bond donors (Lipinski definition) is 2. The highest BCUT2D eigenvalue weighted by atomic mass is 19.1. The molecule has 0 unspecified atom stereocenters. The van der Waals surface area contributed by atoms with Crippen LogP contribution in [0.4, 0.5) is 10.1 Å². The largest absolute Gasteiger partial charge is 0.494 e. The van der Waals surface area contributed by atoms with Gasteiger partial charge in [0, 0.05) is 23.7 Å². The maximum Gasteiger partial charge on any atom is 0.199 e. The predicted octanol–water partition coefficient (Wildman–Crippen LogP) is 5.87. The number of aromatic hydroxyl groups is 1. The van der Waals surface area contributed by atoms with Crippen molar-refractivity contribution < 1.29 is 9.50 Å². The standard InChI is InChI=1S/C28H23FN6O/c1-16-12-17(2)35(33-16)21-8-6-20(7-9-21)31-27(18-4-11-25-24(13-18)30-15-34(25)3)26-22-10-5-19(29)14-23(22)32-28(26)36/h4-15,32,36H,1-3H3. The predicted molar refractivity (Wildman–Crippen MR) is 139 cm³/mol. The Kier molecular flexibility index (Phi) is 4.96. The topological polar surface area (TPSA) is 84.0 Å². The minimum atomic E-state index is -0.386. The maximum absolute atomic E-state index is 13.9. The molecular weight excluding hydrogens is 455 g/mol. The Morgan fingerprint density at radius 2 is 1.81 bits per heavy atom. The number of benzene rings is 3. The fourth-order valence-corrected chi connectivity index (χ4v) is 4.63. The number of nitrogens with one attached hydrogen (secondary N) is 1. The molecule has 0 radical (unpaired) electrons. The summed E-state index contributed by atoms with van der Waals surface area (Å²) in [5.74, 6) is -0.460. The van der Waals surface area contributed by atoms with E-state index in [-0.39, 0.29) is 11.7 Å². The van der Waals surface area contributed by atoms with Crippen molar-refractivity contribution >= 4 is 33.3 Å². The minimum absolute atomic E-state index is 0.0743. The van der Waals surface area contributed by atoms with Gasteiger partial charge < -0.3 is 14.7 Å². The molecular formula is C28H23FN6O. The van der Waals surface area contributed by atoms with E-state index in [0.717, 1.165) is 33.7 Å². The van der Waals surface area contributed by atoms with Crippen molar-refractivity contribution in [1.29, 1.82) is 0 Å². The summed E-state index contributed by atoms with van der Waals surface area (Å²) >= 11 is 0. The number of aromatic amines is 1. The zero-order valence-corrected chi connectivity index (χ0v) is 20.0. The highest BCUT2D eigenvalue weighted by Crippen LogP contribution is 2.33. The van der Waals surface area contributed by atoms with Crippen molar-refractivity contribution in [2.75, 3.05) is 0 Å². The molecule has 3 aromatic heterocycles. The fourth-order valence-electron chi connectivity index (χ4n) is 4.63. The number of aliphatic imine (C=N–C) groups is 1. The summed E-state index contributed by atoms with van der Waals surface area (Å²) in [6.07, 6.45) is 1.76. The van der Waals surface area contributed by atoms with Gasteiger partial charge in [-0.05, 0) is 74.5 Å². The average Bonchev–Trinajstić information content (AvgIpc) is 3.51. The number of aryl methyl sites for hydroxylation is 3. The van der Waals surface area contributed by atoms with Gasteiger partial charge in [0.1, 0.15) is 5.82 Å². The second-order valence-corrected chi connectivity index (χ2v) is 8.91. The Balaban J connectivity index is 1.53. The smallest absolute Gasteiger partial charge is 0.199 e. The number of H-pyrrole nitrogens is 1. The normalized spacial score (nSPS) is 12.2. The molecule has 3 aromatic carbocycles. The van der Waals surface area contributed by atoms with E-state index in [1.807, 2.05) is 78.7 Å². The first-order chi connectivity index (χ1) is 17.4. The molecule has 178 valence electrons. The summed E-state index contributed by atoms with van der Waals surface area (Å²) in [6, 6.07) is 20.0. The first-order valence-corrected chi connectivity index (χ1v) is 11.5. The van der Waals surface area contributed by atoms with Crippen LogP contribution in [0.25, 0.3) is 27.6 Å². The lowest BCUT2D eigenvalue weighted by atomic mass is 10.00. The van der Waals surface area contributed by atoms with Crippen LogP contribution in [-0.4, -0.2) is 35.1 Å². The Hall–Kier alpha value is -4.72. The van der Waals surface area contributed by atoms with E-state index in [1.54, 1.807) is 12.4 Å². The minimum Gasteiger partial charge on any atom is -0.494 e. The molecule has 0 saturated heterocycles. The lowest BCUT2D eigenvalue weighted by Gasteiger charge is -2.09. The van der Waals surface area contributed by atoms with Crippen LogP contribution in [0, 0.1) is 19.7 Å². The van der Waals surface area contributed by atoms with Crippen LogP contribution in [0.15, 0.2) is 78.0 Å². The number of hydrogen-bond acceptors (Lipinski definition) is 4. The van der Waals surface area contributed by atoms with Crippen LogP contribution in [0.1, 0.15) is 22.5 Å². The molecule has 2 N–H and O–H groups in total. The summed E-state index contributed by atoms with van der Waals surface area (Å²) in [7, 11) is 1.94. The molecule has 3 heterocycles. The monoisotopic (exact) mass is 478 g/mol. The molecule has 0 amide bonds. The average molecular weight is 479 g/mol. The third-order valence-corrected chi connectivity index (χ3v) is 6.32. The Bertz CT molecular complexity index is 1790. The van der Waals surface area contributed by atoms with E-state index in [0.29, 0.717) is 27.9 Å². The van der Waals surface area contributed by atoms with Crippen LogP contribution < -0.4 is 0 Å². The number of rotatable bonds is 4. The highest BCUT2D eigenvalue weighted by Gasteiger charge is 2.20. The van der Waals surface area contributed by atoms with E-state index in [4.69, 9.17) is 4.99 Å². The van der Waals surface area contributed by atoms with Gasteiger partial charge in [-0.3, -0.25) is 0 Å². The van der Waals surface area contributed by atoms with Crippen molar-refractivity contribution in [1.82, 2.24) is 24.3 Å². The van der Waals surface area contributed by atoms with Crippen LogP contribution in [0.3, 0.4) is 0 Å². The van der Waals surface area contributed by atoms with Gasteiger partial charge in [0.2, 0.25) is 0 Å². The first kappa shape index (κ1) is 21.8. The lowest BCUT2D eigenvalue weighted by molar-refractivity contribution is 0.457. The van der Waals surface area contributed by atoms with E-state index in [2.05, 4.69) is 15.1 Å². The molecule has 7 nitrogen and oxygen atoms in total. The van der Waals surface area contributed by atoms with Crippen LogP contribution in [-0.2, 0) is 7.05 Å². The van der Waals surface area contributed by atoms with Crippen molar-refractivity contribution in [3.8, 4) is 11.6 Å². The molecule has 0 fully saturated rings. The molecule has 6 rings (SSSR count). The third kappa shape index (κ3) is 3.63. The van der Waals surface area contributed by atoms with Crippen molar-refractivity contribution in [2.45, 2.75) is 13.8 Å². The van der Waals surface area contributed by atoms with Gasteiger partial charge in [0.25, 0.3) is 0 Å².